The molecule has 39 heavy (non-hydrogen) atoms. The summed E-state index contributed by atoms with van der Waals surface area (Å²) in [7, 11) is -0.718. The van der Waals surface area contributed by atoms with Crippen LogP contribution >= 0.6 is 0 Å². The minimum atomic E-state index is -2.39. The van der Waals surface area contributed by atoms with Crippen molar-refractivity contribution in [1.82, 2.24) is 5.32 Å². The quantitative estimate of drug-likeness (QED) is 0.322. The Bertz CT molecular complexity index is 1320. The highest BCUT2D eigenvalue weighted by Gasteiger charge is 2.58. The molecule has 0 aliphatic carbocycles. The summed E-state index contributed by atoms with van der Waals surface area (Å²) >= 11 is 0. The number of anilines is 1. The average Bonchev–Trinajstić information content (AvgIpc) is 3.09. The number of benzene rings is 3. The van der Waals surface area contributed by atoms with Gasteiger partial charge in [-0.3, -0.25) is 4.79 Å². The number of alkyl carbamates (subject to hydrolysis) is 1. The highest BCUT2D eigenvalue weighted by Crippen LogP contribution is 2.52. The van der Waals surface area contributed by atoms with E-state index in [-0.39, 0.29) is 17.9 Å². The SMILES string of the molecule is CC(C)[Si](C[C@@H]1C[C@]2(NC(=O)O1)C(=O)N(C)c1ccc(F)cc12)(C(C)C)C(c1ccccc1)c1ccccc1. The third kappa shape index (κ3) is 4.46. The van der Waals surface area contributed by atoms with E-state index in [1.165, 1.54) is 28.2 Å². The summed E-state index contributed by atoms with van der Waals surface area (Å²) in [5.74, 6) is -0.691. The van der Waals surface area contributed by atoms with Crippen LogP contribution in [-0.2, 0) is 15.1 Å². The van der Waals surface area contributed by atoms with Gasteiger partial charge in [0.15, 0.2) is 5.54 Å². The van der Waals surface area contributed by atoms with Crippen molar-refractivity contribution in [2.45, 2.75) is 68.4 Å². The Hall–Kier alpha value is -3.45. The number of ether oxygens (including phenoxy) is 1. The van der Waals surface area contributed by atoms with Crippen LogP contribution in [0, 0.1) is 5.82 Å². The summed E-state index contributed by atoms with van der Waals surface area (Å²) in [6, 6.07) is 26.3. The molecule has 0 bridgehead atoms. The molecule has 7 heteroatoms. The largest absolute Gasteiger partial charge is 0.446 e. The molecule has 5 rings (SSSR count). The zero-order valence-electron chi connectivity index (χ0n) is 23.3. The molecule has 0 unspecified atom stereocenters. The number of nitrogens with zero attached hydrogens (tertiary/aromatic N) is 1. The van der Waals surface area contributed by atoms with Gasteiger partial charge >= 0.3 is 6.09 Å². The number of nitrogens with one attached hydrogen (secondary N) is 1. The summed E-state index contributed by atoms with van der Waals surface area (Å²) in [5, 5.41) is 2.82. The van der Waals surface area contributed by atoms with Gasteiger partial charge in [-0.25, -0.2) is 9.18 Å². The normalized spacial score (nSPS) is 21.1. The molecule has 0 saturated carbocycles. The number of carbonyl (C=O) groups excluding carboxylic acids is 2. The van der Waals surface area contributed by atoms with Gasteiger partial charge in [0.2, 0.25) is 0 Å². The molecule has 1 N–H and O–H groups in total. The number of carbonyl (C=O) groups is 2. The number of likely N-dealkylation sites (N-methyl/N-ethyl adjacent to an activating group) is 1. The van der Waals surface area contributed by atoms with Crippen LogP contribution < -0.4 is 10.2 Å². The van der Waals surface area contributed by atoms with Crippen molar-refractivity contribution in [3.05, 3.63) is 101 Å². The topological polar surface area (TPSA) is 58.6 Å². The minimum Gasteiger partial charge on any atom is -0.446 e. The lowest BCUT2D eigenvalue weighted by atomic mass is 9.85. The highest BCUT2D eigenvalue weighted by molar-refractivity contribution is 6.84. The van der Waals surface area contributed by atoms with Crippen LogP contribution in [0.1, 0.15) is 56.3 Å². The number of cyclic esters (lactones) is 1. The molecule has 0 aromatic heterocycles. The van der Waals surface area contributed by atoms with E-state index in [1.54, 1.807) is 13.1 Å². The number of hydrogen-bond acceptors (Lipinski definition) is 3. The molecule has 1 fully saturated rings. The van der Waals surface area contributed by atoms with Gasteiger partial charge in [0.25, 0.3) is 5.91 Å². The van der Waals surface area contributed by atoms with Gasteiger partial charge < -0.3 is 15.0 Å². The molecule has 1 saturated heterocycles. The second kappa shape index (κ2) is 10.3. The predicted octanol–water partition coefficient (Wildman–Crippen LogP) is 7.14. The van der Waals surface area contributed by atoms with Gasteiger partial charge in [0, 0.05) is 30.3 Å². The van der Waals surface area contributed by atoms with Gasteiger partial charge in [-0.15, -0.1) is 0 Å². The Morgan fingerprint density at radius 3 is 2.05 bits per heavy atom. The molecule has 1 spiro atoms. The Morgan fingerprint density at radius 2 is 1.51 bits per heavy atom. The molecule has 0 radical (unpaired) electrons. The fourth-order valence-corrected chi connectivity index (χ4v) is 13.8. The summed E-state index contributed by atoms with van der Waals surface area (Å²) < 4.78 is 20.4. The van der Waals surface area contributed by atoms with E-state index >= 15 is 0 Å². The van der Waals surface area contributed by atoms with Crippen molar-refractivity contribution in [2.24, 2.45) is 0 Å². The van der Waals surface area contributed by atoms with Gasteiger partial charge in [-0.2, -0.15) is 0 Å². The minimum absolute atomic E-state index is 0.163. The second-order valence-electron chi connectivity index (χ2n) is 11.7. The zero-order chi connectivity index (χ0) is 27.9. The first-order chi connectivity index (χ1) is 18.6. The van der Waals surface area contributed by atoms with Crippen LogP contribution in [0.5, 0.6) is 0 Å². The van der Waals surface area contributed by atoms with E-state index in [0.717, 1.165) is 0 Å². The van der Waals surface area contributed by atoms with Crippen LogP contribution in [0.2, 0.25) is 17.1 Å². The molecule has 5 nitrogen and oxygen atoms in total. The van der Waals surface area contributed by atoms with Crippen LogP contribution in [0.3, 0.4) is 0 Å². The summed E-state index contributed by atoms with van der Waals surface area (Å²) in [4.78, 5) is 28.3. The Labute approximate surface area is 231 Å². The van der Waals surface area contributed by atoms with Crippen molar-refractivity contribution in [2.75, 3.05) is 11.9 Å². The maximum Gasteiger partial charge on any atom is 0.408 e. The lowest BCUT2D eigenvalue weighted by Crippen LogP contribution is -2.60. The molecule has 3 aromatic carbocycles. The lowest BCUT2D eigenvalue weighted by Gasteiger charge is -2.49. The van der Waals surface area contributed by atoms with E-state index in [4.69, 9.17) is 4.74 Å². The van der Waals surface area contributed by atoms with Crippen LogP contribution in [0.25, 0.3) is 0 Å². The van der Waals surface area contributed by atoms with Gasteiger partial charge in [0.1, 0.15) is 11.9 Å². The van der Waals surface area contributed by atoms with E-state index in [1.807, 2.05) is 12.1 Å². The van der Waals surface area contributed by atoms with Crippen molar-refractivity contribution >= 4 is 25.8 Å². The average molecular weight is 545 g/mol. The van der Waals surface area contributed by atoms with Crippen LogP contribution in [0.4, 0.5) is 14.9 Å². The molecule has 2 atom stereocenters. The fraction of sp³-hybridized carbons (Fsp3) is 0.375. The van der Waals surface area contributed by atoms with E-state index in [2.05, 4.69) is 81.5 Å². The molecular weight excluding hydrogens is 507 g/mol. The standard InChI is InChI=1S/C32H37FN2O3Si/c1-21(2)39(22(3)4,29(23-12-8-6-9-13-23)24-14-10-7-11-15-24)20-26-19-32(34-31(37)38-26)27-18-25(33)16-17-28(27)35(5)30(32)36/h6-18,21-22,26,29H,19-20H2,1-5H3,(H,34,37)/t26-,32+/m0/s1. The summed E-state index contributed by atoms with van der Waals surface area (Å²) in [6.07, 6.45) is -0.851. The van der Waals surface area contributed by atoms with Gasteiger partial charge in [0.05, 0.1) is 8.07 Å². The highest BCUT2D eigenvalue weighted by atomic mass is 28.3. The van der Waals surface area contributed by atoms with Crippen molar-refractivity contribution in [3.63, 3.8) is 0 Å². The van der Waals surface area contributed by atoms with Crippen LogP contribution in [-0.4, -0.2) is 33.2 Å². The second-order valence-corrected chi connectivity index (χ2v) is 17.2. The third-order valence-corrected chi connectivity index (χ3v) is 16.3. The first kappa shape index (κ1) is 27.1. The third-order valence-electron chi connectivity index (χ3n) is 9.11. The smallest absolute Gasteiger partial charge is 0.408 e. The molecular formula is C32H37FN2O3Si. The molecule has 2 heterocycles. The number of rotatable bonds is 7. The Balaban J connectivity index is 1.62. The molecule has 204 valence electrons. The maximum absolute atomic E-state index is 14.4. The van der Waals surface area contributed by atoms with Crippen molar-refractivity contribution < 1.29 is 18.7 Å². The number of fused-ring (bicyclic) bond motifs is 2. The summed E-state index contributed by atoms with van der Waals surface area (Å²) in [5.41, 5.74) is 3.16. The lowest BCUT2D eigenvalue weighted by molar-refractivity contribution is -0.126. The molecule has 3 aromatic rings. The summed E-state index contributed by atoms with van der Waals surface area (Å²) in [6.45, 7) is 9.18. The fourth-order valence-electron chi connectivity index (χ4n) is 7.30. The monoisotopic (exact) mass is 544 g/mol. The zero-order valence-corrected chi connectivity index (χ0v) is 24.3. The molecule has 2 aliphatic rings. The molecule has 2 amide bonds. The number of hydrogen-bond donors (Lipinski definition) is 1. The maximum atomic E-state index is 14.4. The Kier molecular flexibility index (Phi) is 7.14. The van der Waals surface area contributed by atoms with Crippen molar-refractivity contribution in [3.8, 4) is 0 Å². The van der Waals surface area contributed by atoms with Crippen molar-refractivity contribution in [1.29, 1.82) is 0 Å². The first-order valence-corrected chi connectivity index (χ1v) is 16.2. The van der Waals surface area contributed by atoms with Gasteiger partial charge in [-0.05, 0) is 46.5 Å². The molecule has 2 aliphatic heterocycles. The first-order valence-electron chi connectivity index (χ1n) is 13.8. The van der Waals surface area contributed by atoms with Crippen LogP contribution in [0.15, 0.2) is 78.9 Å². The van der Waals surface area contributed by atoms with E-state index in [0.29, 0.717) is 28.4 Å². The number of halogens is 1. The van der Waals surface area contributed by atoms with E-state index < -0.39 is 31.6 Å². The number of amides is 2. The van der Waals surface area contributed by atoms with E-state index in [9.17, 15) is 14.0 Å². The predicted molar refractivity (Wildman–Crippen MR) is 155 cm³/mol. The van der Waals surface area contributed by atoms with Gasteiger partial charge in [-0.1, -0.05) is 88.4 Å². The Morgan fingerprint density at radius 1 is 0.949 bits per heavy atom.